The van der Waals surface area contributed by atoms with E-state index in [9.17, 15) is 5.11 Å². The van der Waals surface area contributed by atoms with E-state index in [1.54, 1.807) is 0 Å². The highest BCUT2D eigenvalue weighted by Crippen LogP contribution is 2.25. The standard InChI is InChI=1S/C11H14OS2/c1-8(11(13)14-2)10(12)9-6-4-3-5-7-9/h3-8,10,12H,1-2H3/t8-,10+/m0/s1. The smallest absolute Gasteiger partial charge is 0.0869 e. The first-order valence-electron chi connectivity index (χ1n) is 4.47. The molecule has 0 saturated heterocycles. The van der Waals surface area contributed by atoms with Crippen LogP contribution in [0.15, 0.2) is 30.3 Å². The lowest BCUT2D eigenvalue weighted by molar-refractivity contribution is 0.149. The van der Waals surface area contributed by atoms with E-state index < -0.39 is 6.10 Å². The van der Waals surface area contributed by atoms with Crippen LogP contribution in [-0.4, -0.2) is 15.6 Å². The molecule has 0 fully saturated rings. The van der Waals surface area contributed by atoms with Gasteiger partial charge in [0, 0.05) is 5.92 Å². The normalized spacial score (nSPS) is 14.8. The minimum absolute atomic E-state index is 0.0161. The SMILES string of the molecule is CSC(=S)[C@@H](C)[C@@H](O)c1ccccc1. The van der Waals surface area contributed by atoms with Gasteiger partial charge in [-0.15, -0.1) is 11.8 Å². The average molecular weight is 226 g/mol. The molecular formula is C11H14OS2. The molecule has 1 N–H and O–H groups in total. The molecule has 2 atom stereocenters. The van der Waals surface area contributed by atoms with Gasteiger partial charge in [0.25, 0.3) is 0 Å². The molecular weight excluding hydrogens is 212 g/mol. The number of rotatable bonds is 3. The Morgan fingerprint density at radius 2 is 1.93 bits per heavy atom. The molecule has 0 aromatic heterocycles. The Kier molecular flexibility index (Phi) is 4.58. The maximum atomic E-state index is 9.99. The van der Waals surface area contributed by atoms with Crippen molar-refractivity contribution in [2.45, 2.75) is 13.0 Å². The highest BCUT2D eigenvalue weighted by atomic mass is 32.2. The summed E-state index contributed by atoms with van der Waals surface area (Å²) in [4.78, 5) is 0. The lowest BCUT2D eigenvalue weighted by atomic mass is 9.99. The van der Waals surface area contributed by atoms with Gasteiger partial charge in [-0.25, -0.2) is 0 Å². The van der Waals surface area contributed by atoms with Gasteiger partial charge in [0.15, 0.2) is 0 Å². The van der Waals surface area contributed by atoms with E-state index in [-0.39, 0.29) is 5.92 Å². The van der Waals surface area contributed by atoms with E-state index in [2.05, 4.69) is 0 Å². The van der Waals surface area contributed by atoms with E-state index in [0.717, 1.165) is 9.76 Å². The van der Waals surface area contributed by atoms with Crippen molar-refractivity contribution in [3.05, 3.63) is 35.9 Å². The third kappa shape index (κ3) is 2.80. The zero-order valence-electron chi connectivity index (χ0n) is 8.31. The van der Waals surface area contributed by atoms with Crippen molar-refractivity contribution in [1.29, 1.82) is 0 Å². The molecule has 1 aromatic carbocycles. The molecule has 1 aromatic rings. The predicted octanol–water partition coefficient (Wildman–Crippen LogP) is 3.05. The summed E-state index contributed by atoms with van der Waals surface area (Å²) in [5.41, 5.74) is 0.927. The zero-order valence-corrected chi connectivity index (χ0v) is 9.94. The molecule has 0 aliphatic rings. The quantitative estimate of drug-likeness (QED) is 0.800. The first-order chi connectivity index (χ1) is 6.66. The molecule has 1 nitrogen and oxygen atoms in total. The topological polar surface area (TPSA) is 20.2 Å². The van der Waals surface area contributed by atoms with Crippen molar-refractivity contribution in [3.8, 4) is 0 Å². The third-order valence-electron chi connectivity index (χ3n) is 2.19. The molecule has 0 amide bonds. The number of aliphatic hydroxyl groups is 1. The highest BCUT2D eigenvalue weighted by Gasteiger charge is 2.19. The van der Waals surface area contributed by atoms with Crippen LogP contribution < -0.4 is 0 Å². The van der Waals surface area contributed by atoms with Crippen LogP contribution in [0.3, 0.4) is 0 Å². The van der Waals surface area contributed by atoms with Gasteiger partial charge < -0.3 is 5.11 Å². The first-order valence-corrected chi connectivity index (χ1v) is 6.11. The Morgan fingerprint density at radius 1 is 1.36 bits per heavy atom. The van der Waals surface area contributed by atoms with Crippen LogP contribution in [0.25, 0.3) is 0 Å². The van der Waals surface area contributed by atoms with E-state index in [4.69, 9.17) is 12.2 Å². The fourth-order valence-electron chi connectivity index (χ4n) is 1.25. The van der Waals surface area contributed by atoms with Crippen LogP contribution in [-0.2, 0) is 0 Å². The number of hydrogen-bond acceptors (Lipinski definition) is 3. The number of hydrogen-bond donors (Lipinski definition) is 1. The van der Waals surface area contributed by atoms with Gasteiger partial charge in [-0.2, -0.15) is 0 Å². The van der Waals surface area contributed by atoms with Gasteiger partial charge in [-0.05, 0) is 11.8 Å². The molecule has 0 saturated carbocycles. The molecule has 0 unspecified atom stereocenters. The number of aliphatic hydroxyl groups excluding tert-OH is 1. The monoisotopic (exact) mass is 226 g/mol. The minimum Gasteiger partial charge on any atom is -0.388 e. The van der Waals surface area contributed by atoms with Crippen LogP contribution in [0, 0.1) is 5.92 Å². The lowest BCUT2D eigenvalue weighted by Gasteiger charge is -2.18. The largest absolute Gasteiger partial charge is 0.388 e. The fourth-order valence-corrected chi connectivity index (χ4v) is 1.88. The molecule has 0 aliphatic heterocycles. The number of thiocarbonyl (C=S) groups is 1. The molecule has 0 spiro atoms. The fraction of sp³-hybridized carbons (Fsp3) is 0.364. The summed E-state index contributed by atoms with van der Waals surface area (Å²) in [6.45, 7) is 1.95. The highest BCUT2D eigenvalue weighted by molar-refractivity contribution is 8.22. The Labute approximate surface area is 94.5 Å². The second-order valence-electron chi connectivity index (χ2n) is 3.17. The van der Waals surface area contributed by atoms with Crippen LogP contribution >= 0.6 is 24.0 Å². The maximum Gasteiger partial charge on any atom is 0.0869 e. The van der Waals surface area contributed by atoms with Crippen LogP contribution in [0.5, 0.6) is 0 Å². The van der Waals surface area contributed by atoms with Gasteiger partial charge in [0.1, 0.15) is 0 Å². The second-order valence-corrected chi connectivity index (χ2v) is 4.71. The van der Waals surface area contributed by atoms with Gasteiger partial charge >= 0.3 is 0 Å². The molecule has 0 heterocycles. The van der Waals surface area contributed by atoms with Crippen molar-refractivity contribution in [1.82, 2.24) is 0 Å². The molecule has 1 rings (SSSR count). The van der Waals surface area contributed by atoms with Crippen LogP contribution in [0.1, 0.15) is 18.6 Å². The summed E-state index contributed by atoms with van der Waals surface area (Å²) < 4.78 is 0.848. The Balaban J connectivity index is 2.75. The van der Waals surface area contributed by atoms with Crippen molar-refractivity contribution in [2.24, 2.45) is 5.92 Å². The van der Waals surface area contributed by atoms with Gasteiger partial charge in [-0.1, -0.05) is 49.5 Å². The Hall–Kier alpha value is -0.380. The van der Waals surface area contributed by atoms with E-state index in [0.29, 0.717) is 0 Å². The van der Waals surface area contributed by atoms with Crippen molar-refractivity contribution >= 4 is 28.2 Å². The summed E-state index contributed by atoms with van der Waals surface area (Å²) >= 11 is 6.68. The molecule has 0 aliphatic carbocycles. The number of thioether (sulfide) groups is 1. The summed E-state index contributed by atoms with van der Waals surface area (Å²) in [5, 5.41) is 9.99. The molecule has 0 bridgehead atoms. The maximum absolute atomic E-state index is 9.99. The zero-order chi connectivity index (χ0) is 10.6. The second kappa shape index (κ2) is 5.49. The van der Waals surface area contributed by atoms with E-state index in [1.807, 2.05) is 43.5 Å². The van der Waals surface area contributed by atoms with Crippen molar-refractivity contribution < 1.29 is 5.11 Å². The molecule has 0 radical (unpaired) electrons. The van der Waals surface area contributed by atoms with Crippen molar-refractivity contribution in [3.63, 3.8) is 0 Å². The number of benzene rings is 1. The van der Waals surface area contributed by atoms with Gasteiger partial charge in [-0.3, -0.25) is 0 Å². The Morgan fingerprint density at radius 3 is 2.43 bits per heavy atom. The summed E-state index contributed by atoms with van der Waals surface area (Å²) in [6.07, 6.45) is 1.45. The molecule has 76 valence electrons. The summed E-state index contributed by atoms with van der Waals surface area (Å²) in [6, 6.07) is 9.63. The van der Waals surface area contributed by atoms with Gasteiger partial charge in [0.2, 0.25) is 0 Å². The summed E-state index contributed by atoms with van der Waals surface area (Å²) in [5.74, 6) is 0.0161. The van der Waals surface area contributed by atoms with Crippen LogP contribution in [0.2, 0.25) is 0 Å². The Bertz CT molecular complexity index is 297. The minimum atomic E-state index is -0.490. The molecule has 14 heavy (non-hydrogen) atoms. The van der Waals surface area contributed by atoms with Gasteiger partial charge in [0.05, 0.1) is 10.3 Å². The predicted molar refractivity (Wildman–Crippen MR) is 66.7 cm³/mol. The van der Waals surface area contributed by atoms with E-state index in [1.165, 1.54) is 11.8 Å². The molecule has 3 heteroatoms. The van der Waals surface area contributed by atoms with Crippen molar-refractivity contribution in [2.75, 3.05) is 6.26 Å². The lowest BCUT2D eigenvalue weighted by Crippen LogP contribution is -2.15. The average Bonchev–Trinajstić information content (AvgIpc) is 2.27. The summed E-state index contributed by atoms with van der Waals surface area (Å²) in [7, 11) is 0. The third-order valence-corrected chi connectivity index (χ3v) is 3.83. The first kappa shape index (κ1) is 11.7. The van der Waals surface area contributed by atoms with E-state index >= 15 is 0 Å². The van der Waals surface area contributed by atoms with Crippen LogP contribution in [0.4, 0.5) is 0 Å².